The molecule has 0 bridgehead atoms. The number of guanidine groups is 1. The quantitative estimate of drug-likeness (QED) is 0.141. The molecule has 0 radical (unpaired) electrons. The molecule has 10 heteroatoms. The summed E-state index contributed by atoms with van der Waals surface area (Å²) in [5.74, 6) is -0.352. The van der Waals surface area contributed by atoms with Crippen LogP contribution in [0.5, 0.6) is 0 Å². The highest BCUT2D eigenvalue weighted by Crippen LogP contribution is 2.35. The third-order valence-corrected chi connectivity index (χ3v) is 6.67. The Bertz CT molecular complexity index is 1490. The number of aryl methyl sites for hydroxylation is 1. The Kier molecular flexibility index (Phi) is 7.78. The lowest BCUT2D eigenvalue weighted by Gasteiger charge is -2.26. The van der Waals surface area contributed by atoms with Crippen LogP contribution in [-0.4, -0.2) is 34.1 Å². The van der Waals surface area contributed by atoms with E-state index in [2.05, 4.69) is 16.4 Å². The third kappa shape index (κ3) is 6.42. The van der Waals surface area contributed by atoms with Crippen LogP contribution in [0.4, 0.5) is 16.2 Å². The number of hydrogen-bond acceptors (Lipinski definition) is 4. The van der Waals surface area contributed by atoms with E-state index in [1.165, 1.54) is 0 Å². The zero-order chi connectivity index (χ0) is 26.9. The number of rotatable bonds is 6. The summed E-state index contributed by atoms with van der Waals surface area (Å²) in [5, 5.41) is 14.8. The number of benzene rings is 3. The van der Waals surface area contributed by atoms with E-state index in [1.54, 1.807) is 32.9 Å². The fourth-order valence-electron chi connectivity index (χ4n) is 4.11. The molecule has 5 N–H and O–H groups in total. The van der Waals surface area contributed by atoms with Crippen molar-refractivity contribution >= 4 is 80.0 Å². The van der Waals surface area contributed by atoms with Gasteiger partial charge in [0, 0.05) is 44.7 Å². The number of aromatic amines is 1. The molecule has 0 saturated heterocycles. The minimum Gasteiger partial charge on any atom is -0.443 e. The van der Waals surface area contributed by atoms with Crippen molar-refractivity contribution in [2.75, 3.05) is 11.9 Å². The smallest absolute Gasteiger partial charge is 0.417 e. The number of amides is 1. The molecule has 0 aliphatic heterocycles. The lowest BCUT2D eigenvalue weighted by atomic mass is 10.0. The predicted octanol–water partition coefficient (Wildman–Crippen LogP) is 8.09. The number of nitrogens with one attached hydrogen (secondary N) is 3. The normalized spacial score (nSPS) is 11.6. The van der Waals surface area contributed by atoms with E-state index in [0.29, 0.717) is 27.9 Å². The van der Waals surface area contributed by atoms with Gasteiger partial charge in [-0.1, -0.05) is 34.8 Å². The first-order valence-electron chi connectivity index (χ1n) is 11.7. The minimum atomic E-state index is -0.687. The molecule has 0 atom stereocenters. The highest BCUT2D eigenvalue weighted by Gasteiger charge is 2.24. The highest BCUT2D eigenvalue weighted by molar-refractivity contribution is 6.42. The van der Waals surface area contributed by atoms with Gasteiger partial charge in [0.05, 0.1) is 10.0 Å². The summed E-state index contributed by atoms with van der Waals surface area (Å²) in [6.07, 6.45) is 0.529. The van der Waals surface area contributed by atoms with Gasteiger partial charge in [0.25, 0.3) is 0 Å². The van der Waals surface area contributed by atoms with Crippen LogP contribution in [-0.2, 0) is 11.2 Å². The lowest BCUT2D eigenvalue weighted by Crippen LogP contribution is -2.44. The van der Waals surface area contributed by atoms with Gasteiger partial charge in [-0.2, -0.15) is 0 Å². The maximum absolute atomic E-state index is 12.5. The van der Waals surface area contributed by atoms with E-state index in [9.17, 15) is 4.79 Å². The molecule has 7 nitrogen and oxygen atoms in total. The van der Waals surface area contributed by atoms with Gasteiger partial charge in [-0.3, -0.25) is 5.41 Å². The van der Waals surface area contributed by atoms with Crippen LogP contribution in [0.3, 0.4) is 0 Å². The molecular weight excluding hydrogens is 533 g/mol. The van der Waals surface area contributed by atoms with Crippen LogP contribution in [0.25, 0.3) is 21.8 Å². The Hall–Kier alpha value is -3.13. The summed E-state index contributed by atoms with van der Waals surface area (Å²) in [6, 6.07) is 15.2. The highest BCUT2D eigenvalue weighted by atomic mass is 35.5. The average molecular weight is 561 g/mol. The van der Waals surface area contributed by atoms with Crippen molar-refractivity contribution < 1.29 is 9.53 Å². The number of carbonyl (C=O) groups excluding carboxylic acids is 1. The van der Waals surface area contributed by atoms with E-state index in [1.807, 2.05) is 30.3 Å². The molecular formula is C27H28Cl3N5O2. The van der Waals surface area contributed by atoms with E-state index < -0.39 is 11.7 Å². The molecule has 0 aliphatic carbocycles. The summed E-state index contributed by atoms with van der Waals surface area (Å²) >= 11 is 18.6. The second-order valence-corrected chi connectivity index (χ2v) is 11.0. The molecule has 4 aromatic rings. The first kappa shape index (κ1) is 26.9. The van der Waals surface area contributed by atoms with Crippen LogP contribution in [0.1, 0.15) is 32.8 Å². The number of carbonyl (C=O) groups is 1. The number of halogens is 3. The fraction of sp³-hybridized carbons (Fsp3) is 0.259. The fourth-order valence-corrected chi connectivity index (χ4v) is 4.58. The Morgan fingerprint density at radius 1 is 1.03 bits per heavy atom. The van der Waals surface area contributed by atoms with Crippen LogP contribution in [0.15, 0.2) is 48.5 Å². The van der Waals surface area contributed by atoms with Gasteiger partial charge in [0.2, 0.25) is 0 Å². The van der Waals surface area contributed by atoms with Crippen LogP contribution >= 0.6 is 34.8 Å². The Morgan fingerprint density at radius 2 is 1.78 bits per heavy atom. The van der Waals surface area contributed by atoms with Gasteiger partial charge >= 0.3 is 6.09 Å². The summed E-state index contributed by atoms with van der Waals surface area (Å²) in [7, 11) is 0. The molecule has 194 valence electrons. The van der Waals surface area contributed by atoms with Crippen molar-refractivity contribution in [1.29, 1.82) is 5.41 Å². The van der Waals surface area contributed by atoms with Crippen LogP contribution in [0.2, 0.25) is 15.1 Å². The largest absolute Gasteiger partial charge is 0.443 e. The maximum Gasteiger partial charge on any atom is 0.417 e. The molecule has 0 aliphatic rings. The molecule has 0 saturated carbocycles. The maximum atomic E-state index is 12.5. The van der Waals surface area contributed by atoms with Gasteiger partial charge in [-0.05, 0) is 87.7 Å². The molecule has 37 heavy (non-hydrogen) atoms. The Labute approximate surface area is 230 Å². The van der Waals surface area contributed by atoms with Crippen LogP contribution in [0, 0.1) is 5.41 Å². The standard InChI is InChI=1S/C27H28Cl3N5O2/c1-27(2,3)37-26(36)35(25(31)32)10-4-5-15-11-18(33-17-7-8-21(29)22(30)14-17)13-20-19-12-16(28)6-9-23(19)34-24(15)20/h6-9,11-14,33-34H,4-5,10H2,1-3H3,(H3,31,32). The van der Waals surface area contributed by atoms with Gasteiger partial charge in [-0.15, -0.1) is 0 Å². The zero-order valence-electron chi connectivity index (χ0n) is 20.7. The second kappa shape index (κ2) is 10.7. The summed E-state index contributed by atoms with van der Waals surface area (Å²) in [5.41, 5.74) is 9.62. The van der Waals surface area contributed by atoms with Crippen molar-refractivity contribution in [2.45, 2.75) is 39.2 Å². The minimum absolute atomic E-state index is 0.238. The zero-order valence-corrected chi connectivity index (χ0v) is 23.0. The van der Waals surface area contributed by atoms with Crippen molar-refractivity contribution in [3.8, 4) is 0 Å². The third-order valence-electron chi connectivity index (χ3n) is 5.69. The van der Waals surface area contributed by atoms with E-state index in [0.717, 1.165) is 43.6 Å². The molecule has 0 spiro atoms. The monoisotopic (exact) mass is 559 g/mol. The van der Waals surface area contributed by atoms with Gasteiger partial charge in [-0.25, -0.2) is 9.69 Å². The van der Waals surface area contributed by atoms with Gasteiger partial charge < -0.3 is 20.8 Å². The first-order valence-corrected chi connectivity index (χ1v) is 12.8. The number of fused-ring (bicyclic) bond motifs is 3. The molecule has 1 amide bonds. The summed E-state index contributed by atoms with van der Waals surface area (Å²) in [4.78, 5) is 17.2. The second-order valence-electron chi connectivity index (χ2n) is 9.75. The molecule has 3 aromatic carbocycles. The number of aromatic nitrogens is 1. The number of hydrogen-bond donors (Lipinski definition) is 4. The van der Waals surface area contributed by atoms with Gasteiger partial charge in [0.1, 0.15) is 5.60 Å². The average Bonchev–Trinajstić information content (AvgIpc) is 3.15. The number of nitrogens with zero attached hydrogens (tertiary/aromatic N) is 1. The number of H-pyrrole nitrogens is 1. The number of ether oxygens (including phenoxy) is 1. The van der Waals surface area contributed by atoms with Crippen molar-refractivity contribution in [3.63, 3.8) is 0 Å². The predicted molar refractivity (Wildman–Crippen MR) is 154 cm³/mol. The number of nitrogens with two attached hydrogens (primary N) is 1. The molecule has 0 fully saturated rings. The Morgan fingerprint density at radius 3 is 2.46 bits per heavy atom. The first-order chi connectivity index (χ1) is 17.4. The summed E-state index contributed by atoms with van der Waals surface area (Å²) in [6.45, 7) is 5.56. The Balaban J connectivity index is 1.66. The summed E-state index contributed by atoms with van der Waals surface area (Å²) < 4.78 is 5.41. The van der Waals surface area contributed by atoms with E-state index in [4.69, 9.17) is 50.7 Å². The van der Waals surface area contributed by atoms with Gasteiger partial charge in [0.15, 0.2) is 5.96 Å². The molecule has 4 rings (SSSR count). The van der Waals surface area contributed by atoms with E-state index >= 15 is 0 Å². The molecule has 0 unspecified atom stereocenters. The van der Waals surface area contributed by atoms with E-state index in [-0.39, 0.29) is 12.5 Å². The SMILES string of the molecule is CC(C)(C)OC(=O)N(CCCc1cc(Nc2ccc(Cl)c(Cl)c2)cc2c1[nH]c1ccc(Cl)cc12)C(=N)N. The van der Waals surface area contributed by atoms with Crippen LogP contribution < -0.4 is 11.1 Å². The molecule has 1 aromatic heterocycles. The van der Waals surface area contributed by atoms with Crippen molar-refractivity contribution in [2.24, 2.45) is 5.73 Å². The van der Waals surface area contributed by atoms with Crippen molar-refractivity contribution in [1.82, 2.24) is 9.88 Å². The lowest BCUT2D eigenvalue weighted by molar-refractivity contribution is 0.0365. The molecule has 1 heterocycles. The number of anilines is 2. The topological polar surface area (TPSA) is 107 Å². The van der Waals surface area contributed by atoms with Crippen molar-refractivity contribution in [3.05, 3.63) is 69.2 Å².